The van der Waals surface area contributed by atoms with Gasteiger partial charge < -0.3 is 10.4 Å². The number of aliphatic carboxylic acids is 1. The van der Waals surface area contributed by atoms with E-state index >= 15 is 0 Å². The van der Waals surface area contributed by atoms with Gasteiger partial charge in [-0.1, -0.05) is 35.3 Å². The number of carboxylic acid groups (broad SMARTS) is 1. The molecule has 4 rings (SSSR count). The van der Waals surface area contributed by atoms with Gasteiger partial charge in [0.05, 0.1) is 16.5 Å². The number of halogens is 5. The van der Waals surface area contributed by atoms with Crippen LogP contribution in [0.4, 0.5) is 18.9 Å². The smallest absolute Gasteiger partial charge is 0.416 e. The highest BCUT2D eigenvalue weighted by Gasteiger charge is 2.30. The van der Waals surface area contributed by atoms with Gasteiger partial charge in [-0.25, -0.2) is 9.78 Å². The number of amides is 1. The van der Waals surface area contributed by atoms with Crippen molar-refractivity contribution < 1.29 is 27.9 Å². The van der Waals surface area contributed by atoms with E-state index in [0.717, 1.165) is 12.1 Å². The van der Waals surface area contributed by atoms with Crippen LogP contribution in [0.2, 0.25) is 0 Å². The van der Waals surface area contributed by atoms with Crippen LogP contribution < -0.4 is 10.9 Å². The molecule has 0 saturated carbocycles. The van der Waals surface area contributed by atoms with Crippen LogP contribution in [0.15, 0.2) is 57.3 Å². The summed E-state index contributed by atoms with van der Waals surface area (Å²) in [5.74, 6) is -2.24. The Morgan fingerprint density at radius 1 is 1.11 bits per heavy atom. The summed E-state index contributed by atoms with van der Waals surface area (Å²) < 4.78 is 40.6. The van der Waals surface area contributed by atoms with E-state index in [-0.39, 0.29) is 22.1 Å². The molecule has 2 N–H and O–H groups in total. The monoisotopic (exact) mass is 523 g/mol. The molecule has 0 fully saturated rings. The van der Waals surface area contributed by atoms with E-state index in [0.29, 0.717) is 29.9 Å². The van der Waals surface area contributed by atoms with Gasteiger partial charge >= 0.3 is 12.1 Å². The van der Waals surface area contributed by atoms with E-state index in [9.17, 15) is 27.6 Å². The normalized spacial score (nSPS) is 15.2. The third-order valence-corrected chi connectivity index (χ3v) is 6.05. The molecule has 2 aromatic carbocycles. The van der Waals surface area contributed by atoms with Crippen LogP contribution in [0.1, 0.15) is 23.4 Å². The fourth-order valence-corrected chi connectivity index (χ4v) is 3.83. The Morgan fingerprint density at radius 2 is 1.86 bits per heavy atom. The van der Waals surface area contributed by atoms with Gasteiger partial charge in [-0.2, -0.15) is 13.2 Å². The first-order valence-electron chi connectivity index (χ1n) is 9.98. The Kier molecular flexibility index (Phi) is 6.44. The molecule has 35 heavy (non-hydrogen) atoms. The molecule has 0 radical (unpaired) electrons. The number of rotatable bonds is 4. The lowest BCUT2D eigenvalue weighted by atomic mass is 10.1. The molecule has 1 aliphatic heterocycles. The third-order valence-electron chi connectivity index (χ3n) is 5.24. The van der Waals surface area contributed by atoms with Gasteiger partial charge in [-0.05, 0) is 54.0 Å². The van der Waals surface area contributed by atoms with Crippen LogP contribution in [0.3, 0.4) is 0 Å². The van der Waals surface area contributed by atoms with E-state index in [2.05, 4.69) is 10.3 Å². The Hall–Kier alpha value is -3.63. The Bertz CT molecular complexity index is 1510. The van der Waals surface area contributed by atoms with Crippen LogP contribution in [-0.2, 0) is 22.3 Å². The zero-order valence-corrected chi connectivity index (χ0v) is 19.0. The quantitative estimate of drug-likeness (QED) is 0.465. The zero-order valence-electron chi connectivity index (χ0n) is 17.5. The minimum atomic E-state index is -4.49. The summed E-state index contributed by atoms with van der Waals surface area (Å²) in [6, 6.07) is 9.08. The Balaban J connectivity index is 1.72. The van der Waals surface area contributed by atoms with Crippen molar-refractivity contribution in [3.63, 3.8) is 0 Å². The summed E-state index contributed by atoms with van der Waals surface area (Å²) >= 11 is 11.2. The van der Waals surface area contributed by atoms with Crippen molar-refractivity contribution >= 4 is 63.3 Å². The average Bonchev–Trinajstić information content (AvgIpc) is 3.20. The van der Waals surface area contributed by atoms with Gasteiger partial charge in [0.15, 0.2) is 0 Å². The number of carbonyl (C=O) groups excluding carboxylic acids is 1. The fourth-order valence-electron chi connectivity index (χ4n) is 3.62. The molecular formula is C23H14Cl2F3N3O4. The number of nitrogens with one attached hydrogen (secondary N) is 1. The van der Waals surface area contributed by atoms with Crippen LogP contribution in [0, 0.1) is 0 Å². The van der Waals surface area contributed by atoms with Crippen molar-refractivity contribution in [3.8, 4) is 0 Å². The highest BCUT2D eigenvalue weighted by molar-refractivity contribution is 6.54. The summed E-state index contributed by atoms with van der Waals surface area (Å²) in [5, 5.41) is 9.91. The van der Waals surface area contributed by atoms with Crippen molar-refractivity contribution in [2.75, 3.05) is 5.32 Å². The third kappa shape index (κ3) is 4.94. The minimum absolute atomic E-state index is 0.175. The number of anilines is 1. The number of allylic oxidation sites excluding steroid dienone is 1. The van der Waals surface area contributed by atoms with Crippen molar-refractivity contribution in [3.05, 3.63) is 79.8 Å². The molecule has 0 unspecified atom stereocenters. The summed E-state index contributed by atoms with van der Waals surface area (Å²) in [5.41, 5.74) is 0.161. The Morgan fingerprint density at radius 3 is 2.54 bits per heavy atom. The fraction of sp³-hybridized carbons (Fsp3) is 0.130. The van der Waals surface area contributed by atoms with Gasteiger partial charge in [-0.3, -0.25) is 14.2 Å². The average molecular weight is 524 g/mol. The molecule has 2 heterocycles. The summed E-state index contributed by atoms with van der Waals surface area (Å²) in [4.78, 5) is 40.5. The van der Waals surface area contributed by atoms with Gasteiger partial charge in [0.1, 0.15) is 15.9 Å². The van der Waals surface area contributed by atoms with Gasteiger partial charge in [0.2, 0.25) is 0 Å². The van der Waals surface area contributed by atoms with E-state index < -0.39 is 33.7 Å². The van der Waals surface area contributed by atoms with E-state index in [1.807, 2.05) is 0 Å². The van der Waals surface area contributed by atoms with Gasteiger partial charge in [-0.15, -0.1) is 0 Å². The topological polar surface area (TPSA) is 101 Å². The first kappa shape index (κ1) is 24.5. The molecule has 12 heteroatoms. The van der Waals surface area contributed by atoms with Crippen LogP contribution in [0.25, 0.3) is 22.6 Å². The predicted molar refractivity (Wildman–Crippen MR) is 125 cm³/mol. The molecule has 0 atom stereocenters. The second-order valence-corrected chi connectivity index (χ2v) is 8.31. The number of aromatic nitrogens is 2. The molecule has 1 aromatic heterocycles. The van der Waals surface area contributed by atoms with Crippen molar-refractivity contribution in [2.45, 2.75) is 19.1 Å². The lowest BCUT2D eigenvalue weighted by Gasteiger charge is -2.09. The molecular weight excluding hydrogens is 510 g/mol. The molecule has 0 aliphatic carbocycles. The molecule has 180 valence electrons. The summed E-state index contributed by atoms with van der Waals surface area (Å²) in [6.45, 7) is 0.314. The van der Waals surface area contributed by atoms with E-state index in [1.165, 1.54) is 34.9 Å². The van der Waals surface area contributed by atoms with Crippen molar-refractivity contribution in [1.29, 1.82) is 0 Å². The number of nitrogens with zero attached hydrogens (tertiary/aromatic N) is 2. The SMILES string of the molecule is O=C(O)C(Cl)=C(Cl)C(=O)Nc1ccc2c(=O)n3c(nc2c1)C(=Cc1cccc(C(F)(F)F)c1)CC3. The van der Waals surface area contributed by atoms with Crippen molar-refractivity contribution in [2.24, 2.45) is 0 Å². The maximum absolute atomic E-state index is 13.1. The molecule has 1 amide bonds. The molecule has 0 bridgehead atoms. The van der Waals surface area contributed by atoms with E-state index in [4.69, 9.17) is 28.3 Å². The first-order valence-corrected chi connectivity index (χ1v) is 10.7. The molecule has 3 aromatic rings. The van der Waals surface area contributed by atoms with Gasteiger partial charge in [0.25, 0.3) is 11.5 Å². The molecule has 0 spiro atoms. The lowest BCUT2D eigenvalue weighted by Crippen LogP contribution is -2.21. The largest absolute Gasteiger partial charge is 0.477 e. The van der Waals surface area contributed by atoms with Crippen LogP contribution in [-0.4, -0.2) is 26.5 Å². The number of alkyl halides is 3. The Labute approximate surface area is 205 Å². The number of carbonyl (C=O) groups is 2. The molecule has 0 saturated heterocycles. The number of carboxylic acids is 1. The summed E-state index contributed by atoms with van der Waals surface area (Å²) in [6.07, 6.45) is -2.54. The maximum atomic E-state index is 13.1. The lowest BCUT2D eigenvalue weighted by molar-refractivity contribution is -0.137. The maximum Gasteiger partial charge on any atom is 0.416 e. The van der Waals surface area contributed by atoms with Crippen LogP contribution in [0.5, 0.6) is 0 Å². The minimum Gasteiger partial charge on any atom is -0.477 e. The second kappa shape index (κ2) is 9.20. The number of benzene rings is 2. The summed E-state index contributed by atoms with van der Waals surface area (Å²) in [7, 11) is 0. The molecule has 7 nitrogen and oxygen atoms in total. The predicted octanol–water partition coefficient (Wildman–Crippen LogP) is 5.07. The highest BCUT2D eigenvalue weighted by atomic mass is 35.5. The van der Waals surface area contributed by atoms with Crippen molar-refractivity contribution in [1.82, 2.24) is 9.55 Å². The number of hydrogen-bond acceptors (Lipinski definition) is 4. The van der Waals surface area contributed by atoms with E-state index in [1.54, 1.807) is 6.08 Å². The van der Waals surface area contributed by atoms with Gasteiger partial charge in [0, 0.05) is 12.2 Å². The number of hydrogen-bond donors (Lipinski definition) is 2. The zero-order chi connectivity index (χ0) is 25.5. The molecule has 1 aliphatic rings. The standard InChI is InChI=1S/C23H14Cl2F3N3O4/c24-17(18(25)22(34)35)20(32)29-14-4-5-15-16(10-14)30-19-12(6-7-31(19)21(15)33)8-11-2-1-3-13(9-11)23(26,27)28/h1-5,8-10H,6-7H2,(H,29,32)(H,34,35). The first-order chi connectivity index (χ1) is 16.5. The second-order valence-electron chi connectivity index (χ2n) is 7.55. The highest BCUT2D eigenvalue weighted by Crippen LogP contribution is 2.32. The van der Waals surface area contributed by atoms with Crippen LogP contribution >= 0.6 is 23.2 Å². The number of fused-ring (bicyclic) bond motifs is 2.